The van der Waals surface area contributed by atoms with E-state index in [-0.39, 0.29) is 43.5 Å². The summed E-state index contributed by atoms with van der Waals surface area (Å²) >= 11 is 0.0287. The summed E-state index contributed by atoms with van der Waals surface area (Å²) in [5.74, 6) is 0. The zero-order chi connectivity index (χ0) is 11.6. The molecule has 0 fully saturated rings. The Bertz CT molecular complexity index is 335. The van der Waals surface area contributed by atoms with Crippen molar-refractivity contribution in [2.24, 2.45) is 0 Å². The monoisotopic (exact) mass is 375 g/mol. The van der Waals surface area contributed by atoms with Gasteiger partial charge in [0.2, 0.25) is 0 Å². The summed E-state index contributed by atoms with van der Waals surface area (Å²) in [6.07, 6.45) is 0. The van der Waals surface area contributed by atoms with Gasteiger partial charge in [-0.1, -0.05) is 58.7 Å². The highest BCUT2D eigenvalue weighted by Gasteiger charge is 2.12. The molecule has 2 aromatic carbocycles. The average molecular weight is 375 g/mol. The Morgan fingerprint density at radius 3 is 1.16 bits per heavy atom. The highest BCUT2D eigenvalue weighted by molar-refractivity contribution is 5.02. The molecule has 108 valence electrons. The number of benzene rings is 2. The molecule has 0 N–H and O–H groups in total. The van der Waals surface area contributed by atoms with Crippen molar-refractivity contribution in [3.8, 4) is 0 Å². The number of hydrogen-bond acceptors (Lipinski definition) is 1. The Hall–Kier alpha value is -0.870. The summed E-state index contributed by atoms with van der Waals surface area (Å²) in [5.41, 5.74) is 0. The van der Waals surface area contributed by atoms with Gasteiger partial charge in [-0.15, -0.1) is 0 Å². The van der Waals surface area contributed by atoms with Gasteiger partial charge in [0.15, 0.2) is 7.14 Å². The van der Waals surface area contributed by atoms with Crippen molar-refractivity contribution in [1.82, 2.24) is 0 Å². The number of hydrogen-bond donors (Lipinski definition) is 0. The largest absolute Gasteiger partial charge is 0.388 e. The van der Waals surface area contributed by atoms with E-state index in [0.717, 1.165) is 0 Å². The number of halogens is 1. The van der Waals surface area contributed by atoms with Gasteiger partial charge in [-0.3, -0.25) is 0 Å². The van der Waals surface area contributed by atoms with Gasteiger partial charge in [0.05, 0.1) is 0 Å². The van der Waals surface area contributed by atoms with E-state index < -0.39 is 0 Å². The molecule has 0 spiro atoms. The molecule has 2 heteroatoms. The lowest BCUT2D eigenvalue weighted by atomic mass is 10.4. The van der Waals surface area contributed by atoms with E-state index in [2.05, 4.69) is 65.4 Å². The Kier molecular flexibility index (Phi) is 18.6. The summed E-state index contributed by atoms with van der Waals surface area (Å²) in [6, 6.07) is 21.4. The van der Waals surface area contributed by atoms with Crippen LogP contribution >= 0.6 is 0 Å². The molecule has 2 rings (SSSR count). The molecule has 0 aliphatic heterocycles. The maximum absolute atomic E-state index is 4.25. The fourth-order valence-electron chi connectivity index (χ4n) is 1.08. The maximum atomic E-state index is 4.25. The molecule has 0 unspecified atom stereocenters. The van der Waals surface area contributed by atoms with E-state index >= 15 is 0 Å². The first-order chi connectivity index (χ1) is 7.86. The van der Waals surface area contributed by atoms with Crippen molar-refractivity contribution in [2.45, 2.75) is 22.3 Å². The summed E-state index contributed by atoms with van der Waals surface area (Å²) < 4.78 is 7.21. The fourth-order valence-corrected chi connectivity index (χ4v) is 3.35. The van der Waals surface area contributed by atoms with Gasteiger partial charge in [-0.2, -0.15) is 0 Å². The van der Waals surface area contributed by atoms with Gasteiger partial charge < -0.3 is 4.74 Å². The summed E-state index contributed by atoms with van der Waals surface area (Å²) in [5, 5.41) is 0. The molecule has 19 heavy (non-hydrogen) atoms. The van der Waals surface area contributed by atoms with Crippen LogP contribution in [0.5, 0.6) is 0 Å². The lowest BCUT2D eigenvalue weighted by molar-refractivity contribution is -0.597. The van der Waals surface area contributed by atoms with Gasteiger partial charge in [-0.25, -0.2) is 0 Å². The molecule has 1 nitrogen and oxygen atoms in total. The van der Waals surface area contributed by atoms with E-state index in [1.54, 1.807) is 14.2 Å². The van der Waals surface area contributed by atoms with Crippen molar-refractivity contribution in [3.05, 3.63) is 67.8 Å². The third kappa shape index (κ3) is 10.7. The Morgan fingerprint density at radius 2 is 0.895 bits per heavy atom. The molecule has 0 saturated carbocycles. The second kappa shape index (κ2) is 15.2. The van der Waals surface area contributed by atoms with Crippen LogP contribution in [0, 0.1) is 7.14 Å². The maximum Gasteiger partial charge on any atom is 0.357 e. The Labute approximate surface area is 130 Å². The number of methoxy groups -OCH3 is 1. The van der Waals surface area contributed by atoms with Gasteiger partial charge in [0, 0.05) is 14.2 Å². The minimum Gasteiger partial charge on any atom is -0.388 e. The smallest absolute Gasteiger partial charge is 0.357 e. The molecule has 2 aromatic rings. The summed E-state index contributed by atoms with van der Waals surface area (Å²) in [4.78, 5) is 0. The third-order valence-electron chi connectivity index (χ3n) is 1.68. The molecule has 0 aromatic heterocycles. The number of ether oxygens (including phenoxy) is 1. The van der Waals surface area contributed by atoms with Crippen LogP contribution in [0.4, 0.5) is 0 Å². The van der Waals surface area contributed by atoms with E-state index in [9.17, 15) is 0 Å². The van der Waals surface area contributed by atoms with Gasteiger partial charge in [0.25, 0.3) is 0 Å². The van der Waals surface area contributed by atoms with Crippen LogP contribution in [-0.4, -0.2) is 14.2 Å². The molecular weight excluding hydrogens is 347 g/mol. The standard InChI is InChI=1S/C12H10I.C2H6O.3CH4/c1-3-7-11(8-4-1)13-12-9-5-2-6-10-12;1-3-2;;;/h1-10H;1-2H3;3*1H4/q+1;;;;. The lowest BCUT2D eigenvalue weighted by Crippen LogP contribution is -3.61. The van der Waals surface area contributed by atoms with Crippen LogP contribution in [0.3, 0.4) is 0 Å². The van der Waals surface area contributed by atoms with Crippen LogP contribution in [0.2, 0.25) is 0 Å². The van der Waals surface area contributed by atoms with Crippen LogP contribution in [0.15, 0.2) is 60.7 Å². The topological polar surface area (TPSA) is 9.23 Å². The minimum atomic E-state index is 0. The van der Waals surface area contributed by atoms with Crippen molar-refractivity contribution in [2.75, 3.05) is 14.2 Å². The number of rotatable bonds is 2. The average Bonchev–Trinajstić information content (AvgIpc) is 2.33. The van der Waals surface area contributed by atoms with E-state index in [0.29, 0.717) is 0 Å². The van der Waals surface area contributed by atoms with E-state index in [1.807, 2.05) is 0 Å². The predicted octanol–water partition coefficient (Wildman–Crippen LogP) is 1.99. The van der Waals surface area contributed by atoms with Crippen LogP contribution in [-0.2, 0) is 4.74 Å². The SMILES string of the molecule is C.C.C.COC.c1ccc([I+]c2ccccc2)cc1. The van der Waals surface area contributed by atoms with Crippen molar-refractivity contribution >= 4 is 0 Å². The van der Waals surface area contributed by atoms with Gasteiger partial charge in [-0.05, 0) is 24.3 Å². The minimum absolute atomic E-state index is 0. The van der Waals surface area contributed by atoms with Gasteiger partial charge in [0.1, 0.15) is 0 Å². The summed E-state index contributed by atoms with van der Waals surface area (Å²) in [7, 11) is 3.25. The Balaban J connectivity index is -0.000000393. The lowest BCUT2D eigenvalue weighted by Gasteiger charge is -1.84. The second-order valence-corrected chi connectivity index (χ2v) is 6.12. The van der Waals surface area contributed by atoms with E-state index in [4.69, 9.17) is 0 Å². The zero-order valence-electron chi connectivity index (χ0n) is 9.56. The highest BCUT2D eigenvalue weighted by Crippen LogP contribution is 1.85. The molecule has 0 aliphatic carbocycles. The first-order valence-electron chi connectivity index (χ1n) is 5.02. The van der Waals surface area contributed by atoms with Crippen LogP contribution in [0.25, 0.3) is 0 Å². The van der Waals surface area contributed by atoms with Crippen molar-refractivity contribution < 1.29 is 25.9 Å². The molecule has 0 radical (unpaired) electrons. The predicted molar refractivity (Wildman–Crippen MR) is 83.4 cm³/mol. The Morgan fingerprint density at radius 1 is 0.632 bits per heavy atom. The van der Waals surface area contributed by atoms with Crippen molar-refractivity contribution in [3.63, 3.8) is 0 Å². The first-order valence-corrected chi connectivity index (χ1v) is 7.17. The molecule has 0 atom stereocenters. The molecule has 0 amide bonds. The second-order valence-electron chi connectivity index (χ2n) is 3.09. The molecule has 0 bridgehead atoms. The van der Waals surface area contributed by atoms with Crippen LogP contribution in [0.1, 0.15) is 22.3 Å². The molecular formula is C17H28IO+. The first kappa shape index (κ1) is 23.2. The third-order valence-corrected chi connectivity index (χ3v) is 4.37. The zero-order valence-corrected chi connectivity index (χ0v) is 11.7. The van der Waals surface area contributed by atoms with Crippen LogP contribution < -0.4 is 21.2 Å². The molecule has 0 heterocycles. The molecule has 0 aliphatic rings. The quantitative estimate of drug-likeness (QED) is 0.730. The summed E-state index contributed by atoms with van der Waals surface area (Å²) in [6.45, 7) is 0. The molecule has 0 saturated heterocycles. The fraction of sp³-hybridized carbons (Fsp3) is 0.294. The normalized spacial score (nSPS) is 7.68. The van der Waals surface area contributed by atoms with Gasteiger partial charge >= 0.3 is 21.2 Å². The van der Waals surface area contributed by atoms with Crippen molar-refractivity contribution in [1.29, 1.82) is 0 Å². The van der Waals surface area contributed by atoms with E-state index in [1.165, 1.54) is 7.14 Å². The highest BCUT2D eigenvalue weighted by atomic mass is 127.